The van der Waals surface area contributed by atoms with E-state index >= 15 is 0 Å². The summed E-state index contributed by atoms with van der Waals surface area (Å²) in [7, 11) is 1.86. The van der Waals surface area contributed by atoms with Crippen molar-refractivity contribution in [3.63, 3.8) is 0 Å². The van der Waals surface area contributed by atoms with Gasteiger partial charge in [-0.05, 0) is 24.3 Å². The van der Waals surface area contributed by atoms with Gasteiger partial charge in [-0.3, -0.25) is 4.90 Å². The third-order valence-corrected chi connectivity index (χ3v) is 2.57. The van der Waals surface area contributed by atoms with E-state index in [2.05, 4.69) is 34.3 Å². The van der Waals surface area contributed by atoms with Gasteiger partial charge in [0, 0.05) is 20.1 Å². The fourth-order valence-electron chi connectivity index (χ4n) is 2.00. The highest BCUT2D eigenvalue weighted by Crippen LogP contribution is 2.12. The molecule has 0 saturated carbocycles. The maximum absolute atomic E-state index is 5.67. The van der Waals surface area contributed by atoms with Gasteiger partial charge in [-0.15, -0.1) is 5.10 Å². The third-order valence-electron chi connectivity index (χ3n) is 2.57. The monoisotopic (exact) mass is 211 g/mol. The Balaban J connectivity index is 1.97. The minimum Gasteiger partial charge on any atom is -0.373 e. The standard InChI is InChI=1S/C9H17N5O/c1-7-4-14(5-8(2)15-7)6-9-10-11-12-13(9)3/h7-8H,4-6H2,1-3H3/t7-,8+. The Hall–Kier alpha value is -1.01. The average molecular weight is 211 g/mol. The second kappa shape index (κ2) is 4.24. The summed E-state index contributed by atoms with van der Waals surface area (Å²) in [4.78, 5) is 2.32. The molecule has 84 valence electrons. The number of aryl methyl sites for hydroxylation is 1. The molecule has 0 spiro atoms. The fraction of sp³-hybridized carbons (Fsp3) is 0.889. The molecule has 0 radical (unpaired) electrons. The van der Waals surface area contributed by atoms with Gasteiger partial charge in [-0.25, -0.2) is 4.68 Å². The maximum Gasteiger partial charge on any atom is 0.164 e. The van der Waals surface area contributed by atoms with Gasteiger partial charge in [0.25, 0.3) is 0 Å². The van der Waals surface area contributed by atoms with Crippen molar-refractivity contribution in [1.82, 2.24) is 25.1 Å². The summed E-state index contributed by atoms with van der Waals surface area (Å²) < 4.78 is 7.38. The molecular weight excluding hydrogens is 194 g/mol. The van der Waals surface area contributed by atoms with E-state index in [9.17, 15) is 0 Å². The zero-order valence-electron chi connectivity index (χ0n) is 9.42. The molecule has 1 aromatic rings. The Labute approximate surface area is 89.2 Å². The topological polar surface area (TPSA) is 56.1 Å². The average Bonchev–Trinajstić information content (AvgIpc) is 2.50. The summed E-state index contributed by atoms with van der Waals surface area (Å²) in [5, 5.41) is 11.4. The largest absolute Gasteiger partial charge is 0.373 e. The first-order valence-corrected chi connectivity index (χ1v) is 5.24. The molecule has 1 fully saturated rings. The van der Waals surface area contributed by atoms with Gasteiger partial charge in [0.15, 0.2) is 5.82 Å². The van der Waals surface area contributed by atoms with Crippen LogP contribution in [0.15, 0.2) is 0 Å². The molecule has 2 heterocycles. The van der Waals surface area contributed by atoms with Crippen LogP contribution < -0.4 is 0 Å². The number of rotatable bonds is 2. The van der Waals surface area contributed by atoms with Crippen LogP contribution in [0.1, 0.15) is 19.7 Å². The quantitative estimate of drug-likeness (QED) is 0.679. The van der Waals surface area contributed by atoms with Gasteiger partial charge in [0.1, 0.15) is 0 Å². The molecule has 1 aromatic heterocycles. The van der Waals surface area contributed by atoms with Crippen LogP contribution in [0, 0.1) is 0 Å². The Morgan fingerprint density at radius 2 is 2.00 bits per heavy atom. The van der Waals surface area contributed by atoms with Crippen molar-refractivity contribution in [2.24, 2.45) is 7.05 Å². The van der Waals surface area contributed by atoms with E-state index in [0.717, 1.165) is 25.5 Å². The van der Waals surface area contributed by atoms with Gasteiger partial charge >= 0.3 is 0 Å². The van der Waals surface area contributed by atoms with E-state index in [1.807, 2.05) is 7.05 Å². The molecule has 1 aliphatic rings. The van der Waals surface area contributed by atoms with E-state index < -0.39 is 0 Å². The lowest BCUT2D eigenvalue weighted by molar-refractivity contribution is -0.0713. The van der Waals surface area contributed by atoms with E-state index in [0.29, 0.717) is 0 Å². The molecule has 0 aliphatic carbocycles. The molecule has 1 aliphatic heterocycles. The van der Waals surface area contributed by atoms with Crippen LogP contribution in [0.25, 0.3) is 0 Å². The van der Waals surface area contributed by atoms with Crippen LogP contribution in [0.3, 0.4) is 0 Å². The first-order chi connectivity index (χ1) is 7.15. The summed E-state index contributed by atoms with van der Waals surface area (Å²) in [5.74, 6) is 0.899. The summed E-state index contributed by atoms with van der Waals surface area (Å²) in [6.45, 7) is 6.87. The molecule has 0 N–H and O–H groups in total. The summed E-state index contributed by atoms with van der Waals surface area (Å²) in [6, 6.07) is 0. The SMILES string of the molecule is C[C@@H]1CN(Cc2nnnn2C)C[C@H](C)O1. The van der Waals surface area contributed by atoms with Gasteiger partial charge in [0.2, 0.25) is 0 Å². The number of hydrogen-bond acceptors (Lipinski definition) is 5. The van der Waals surface area contributed by atoms with Crippen molar-refractivity contribution < 1.29 is 4.74 Å². The number of morpholine rings is 1. The van der Waals surface area contributed by atoms with Crippen molar-refractivity contribution >= 4 is 0 Å². The predicted octanol–water partition coefficient (Wildman–Crippen LogP) is -0.181. The lowest BCUT2D eigenvalue weighted by Crippen LogP contribution is -2.45. The van der Waals surface area contributed by atoms with E-state index in [1.165, 1.54) is 0 Å². The molecule has 2 atom stereocenters. The number of tetrazole rings is 1. The van der Waals surface area contributed by atoms with Gasteiger partial charge in [-0.1, -0.05) is 0 Å². The molecule has 6 nitrogen and oxygen atoms in total. The lowest BCUT2D eigenvalue weighted by atomic mass is 10.2. The Morgan fingerprint density at radius 3 is 2.53 bits per heavy atom. The van der Waals surface area contributed by atoms with Gasteiger partial charge < -0.3 is 4.74 Å². The highest BCUT2D eigenvalue weighted by atomic mass is 16.5. The smallest absolute Gasteiger partial charge is 0.164 e. The molecular formula is C9H17N5O. The van der Waals surface area contributed by atoms with Crippen molar-refractivity contribution in [1.29, 1.82) is 0 Å². The Morgan fingerprint density at radius 1 is 1.33 bits per heavy atom. The summed E-state index contributed by atoms with van der Waals surface area (Å²) in [5.41, 5.74) is 0. The number of aromatic nitrogens is 4. The fourth-order valence-corrected chi connectivity index (χ4v) is 2.00. The molecule has 15 heavy (non-hydrogen) atoms. The van der Waals surface area contributed by atoms with Crippen LogP contribution in [0.4, 0.5) is 0 Å². The minimum atomic E-state index is 0.287. The second-order valence-electron chi connectivity index (χ2n) is 4.17. The minimum absolute atomic E-state index is 0.287. The van der Waals surface area contributed by atoms with Crippen molar-refractivity contribution in [3.8, 4) is 0 Å². The zero-order chi connectivity index (χ0) is 10.8. The van der Waals surface area contributed by atoms with Crippen LogP contribution in [-0.2, 0) is 18.3 Å². The van der Waals surface area contributed by atoms with Crippen molar-refractivity contribution in [2.75, 3.05) is 13.1 Å². The first-order valence-electron chi connectivity index (χ1n) is 5.24. The lowest BCUT2D eigenvalue weighted by Gasteiger charge is -2.34. The Bertz CT molecular complexity index is 316. The molecule has 0 amide bonds. The second-order valence-corrected chi connectivity index (χ2v) is 4.17. The first kappa shape index (κ1) is 10.5. The molecule has 1 saturated heterocycles. The molecule has 2 rings (SSSR count). The van der Waals surface area contributed by atoms with Crippen molar-refractivity contribution in [3.05, 3.63) is 5.82 Å². The number of nitrogens with zero attached hydrogens (tertiary/aromatic N) is 5. The van der Waals surface area contributed by atoms with Gasteiger partial charge in [0.05, 0.1) is 18.8 Å². The van der Waals surface area contributed by atoms with E-state index in [1.54, 1.807) is 4.68 Å². The number of ether oxygens (including phenoxy) is 1. The third kappa shape index (κ3) is 2.51. The molecule has 0 aromatic carbocycles. The normalized spacial score (nSPS) is 28.2. The van der Waals surface area contributed by atoms with E-state index in [-0.39, 0.29) is 12.2 Å². The predicted molar refractivity (Wildman–Crippen MR) is 54.1 cm³/mol. The summed E-state index contributed by atoms with van der Waals surface area (Å²) >= 11 is 0. The van der Waals surface area contributed by atoms with Crippen LogP contribution in [-0.4, -0.2) is 50.4 Å². The van der Waals surface area contributed by atoms with E-state index in [4.69, 9.17) is 4.74 Å². The van der Waals surface area contributed by atoms with Crippen LogP contribution >= 0.6 is 0 Å². The van der Waals surface area contributed by atoms with Gasteiger partial charge in [-0.2, -0.15) is 0 Å². The molecule has 0 bridgehead atoms. The molecule has 6 heteroatoms. The van der Waals surface area contributed by atoms with Crippen LogP contribution in [0.5, 0.6) is 0 Å². The van der Waals surface area contributed by atoms with Crippen molar-refractivity contribution in [2.45, 2.75) is 32.6 Å². The zero-order valence-corrected chi connectivity index (χ0v) is 9.42. The maximum atomic E-state index is 5.67. The highest BCUT2D eigenvalue weighted by Gasteiger charge is 2.23. The summed E-state index contributed by atoms with van der Waals surface area (Å²) in [6.07, 6.45) is 0.574. The molecule has 0 unspecified atom stereocenters. The highest BCUT2D eigenvalue weighted by molar-refractivity contribution is 4.83. The number of hydrogen-bond donors (Lipinski definition) is 0. The van der Waals surface area contributed by atoms with Crippen LogP contribution in [0.2, 0.25) is 0 Å². The Kier molecular flexibility index (Phi) is 2.97.